The summed E-state index contributed by atoms with van der Waals surface area (Å²) in [5.41, 5.74) is 8.44. The van der Waals surface area contributed by atoms with E-state index in [1.165, 1.54) is 4.31 Å². The number of amidine groups is 1. The van der Waals surface area contributed by atoms with Crippen molar-refractivity contribution in [1.29, 1.82) is 5.41 Å². The van der Waals surface area contributed by atoms with Gasteiger partial charge in [-0.05, 0) is 56.6 Å². The minimum absolute atomic E-state index is 0. The minimum Gasteiger partial charge on any atom is -0.489 e. The number of piperidine rings is 1. The molecule has 2 aliphatic heterocycles. The van der Waals surface area contributed by atoms with Gasteiger partial charge in [0.15, 0.2) is 0 Å². The van der Waals surface area contributed by atoms with Crippen molar-refractivity contribution in [2.75, 3.05) is 23.1 Å². The van der Waals surface area contributed by atoms with E-state index in [-0.39, 0.29) is 42.5 Å². The molecule has 0 radical (unpaired) electrons. The fraction of sp³-hybridized carbons (Fsp3) is 0.375. The lowest BCUT2D eigenvalue weighted by atomic mass is 10.1. The van der Waals surface area contributed by atoms with Crippen LogP contribution in [0.1, 0.15) is 36.5 Å². The Bertz CT molecular complexity index is 1180. The number of nitrogens with one attached hydrogen (secondary N) is 2. The molecule has 2 heterocycles. The fourth-order valence-corrected chi connectivity index (χ4v) is 5.91. The molecule has 2 aromatic rings. The van der Waals surface area contributed by atoms with Gasteiger partial charge in [-0.25, -0.2) is 8.42 Å². The summed E-state index contributed by atoms with van der Waals surface area (Å²) in [6.07, 6.45) is 6.11. The van der Waals surface area contributed by atoms with Gasteiger partial charge in [0.05, 0.1) is 22.5 Å². The summed E-state index contributed by atoms with van der Waals surface area (Å²) in [6, 6.07) is 10.5. The van der Waals surface area contributed by atoms with Crippen LogP contribution in [0.15, 0.2) is 42.5 Å². The normalized spacial score (nSPS) is 18.0. The van der Waals surface area contributed by atoms with Crippen LogP contribution in [0.25, 0.3) is 6.08 Å². The van der Waals surface area contributed by atoms with Gasteiger partial charge < -0.3 is 15.8 Å². The molecule has 0 saturated carbocycles. The highest BCUT2D eigenvalue weighted by molar-refractivity contribution is 7.92. The van der Waals surface area contributed by atoms with Crippen LogP contribution in [0, 0.1) is 5.41 Å². The van der Waals surface area contributed by atoms with E-state index in [0.29, 0.717) is 28.4 Å². The molecule has 2 aliphatic rings. The summed E-state index contributed by atoms with van der Waals surface area (Å²) in [4.78, 5) is 0. The van der Waals surface area contributed by atoms with Crippen LogP contribution in [0.2, 0.25) is 5.02 Å². The molecule has 192 valence electrons. The predicted molar refractivity (Wildman–Crippen MR) is 148 cm³/mol. The largest absolute Gasteiger partial charge is 0.489 e. The van der Waals surface area contributed by atoms with Crippen LogP contribution >= 0.6 is 36.4 Å². The van der Waals surface area contributed by atoms with E-state index in [1.807, 2.05) is 24.3 Å². The van der Waals surface area contributed by atoms with Gasteiger partial charge in [-0.15, -0.1) is 24.8 Å². The van der Waals surface area contributed by atoms with E-state index in [4.69, 9.17) is 27.5 Å². The van der Waals surface area contributed by atoms with Crippen molar-refractivity contribution in [2.24, 2.45) is 5.73 Å². The molecule has 1 atom stereocenters. The van der Waals surface area contributed by atoms with E-state index in [1.54, 1.807) is 31.2 Å². The second kappa shape index (κ2) is 12.3. The molecule has 0 amide bonds. The Morgan fingerprint density at radius 3 is 2.63 bits per heavy atom. The topological polar surface area (TPSA) is 109 Å². The van der Waals surface area contributed by atoms with Gasteiger partial charge in [0.2, 0.25) is 10.0 Å². The number of benzene rings is 2. The summed E-state index contributed by atoms with van der Waals surface area (Å²) in [5, 5.41) is 11.4. The third kappa shape index (κ3) is 6.43. The number of rotatable bonds is 7. The summed E-state index contributed by atoms with van der Waals surface area (Å²) < 4.78 is 33.7. The number of halogens is 3. The lowest BCUT2D eigenvalue weighted by Crippen LogP contribution is -2.37. The molecule has 0 aromatic heterocycles. The molecular formula is C24H31Cl3N4O3S. The summed E-state index contributed by atoms with van der Waals surface area (Å²) in [5.74, 6) is 0.582. The molecule has 0 spiro atoms. The Morgan fingerprint density at radius 2 is 1.97 bits per heavy atom. The highest BCUT2D eigenvalue weighted by Gasteiger charge is 2.37. The lowest BCUT2D eigenvalue weighted by molar-refractivity contribution is 0.162. The van der Waals surface area contributed by atoms with Crippen LogP contribution < -0.4 is 20.1 Å². The fourth-order valence-electron chi connectivity index (χ4n) is 4.32. The van der Waals surface area contributed by atoms with Crippen molar-refractivity contribution in [1.82, 2.24) is 5.32 Å². The molecule has 1 unspecified atom stereocenters. The third-order valence-electron chi connectivity index (χ3n) is 6.09. The van der Waals surface area contributed by atoms with E-state index >= 15 is 0 Å². The Kier molecular flexibility index (Phi) is 10.3. The highest BCUT2D eigenvalue weighted by atomic mass is 35.5. The first-order valence-electron chi connectivity index (χ1n) is 11.1. The molecule has 1 saturated heterocycles. The van der Waals surface area contributed by atoms with Gasteiger partial charge in [-0.1, -0.05) is 42.0 Å². The van der Waals surface area contributed by atoms with Crippen LogP contribution in [0.5, 0.6) is 5.75 Å². The van der Waals surface area contributed by atoms with Crippen LogP contribution in [0.4, 0.5) is 5.69 Å². The van der Waals surface area contributed by atoms with E-state index in [2.05, 4.69) is 5.32 Å². The van der Waals surface area contributed by atoms with Crippen molar-refractivity contribution in [2.45, 2.75) is 38.3 Å². The number of hydrogen-bond acceptors (Lipinski definition) is 5. The second-order valence-electron chi connectivity index (χ2n) is 8.31. The van der Waals surface area contributed by atoms with Crippen LogP contribution in [0.3, 0.4) is 0 Å². The molecule has 4 N–H and O–H groups in total. The Labute approximate surface area is 224 Å². The molecule has 7 nitrogen and oxygen atoms in total. The third-order valence-corrected chi connectivity index (χ3v) is 8.30. The first kappa shape index (κ1) is 29.3. The molecule has 35 heavy (non-hydrogen) atoms. The maximum atomic E-state index is 13.0. The Hall–Kier alpha value is -1.97. The van der Waals surface area contributed by atoms with Crippen molar-refractivity contribution in [3.05, 3.63) is 64.2 Å². The van der Waals surface area contributed by atoms with Gasteiger partial charge in [-0.3, -0.25) is 9.71 Å². The average molecular weight is 562 g/mol. The number of ether oxygens (including phenoxy) is 1. The standard InChI is InChI=1S/C24H29ClN4O3S.2ClH/c1-2-33(30,31)29-18(7-6-16-4-3-5-17(14-16)24(26)27)15-20-21(29)8-9-22(23(20)25)32-19-10-12-28-13-11-19;;/h3-9,14,18-19,28H,2,10-13,15H2,1H3,(H3,26,27);2*1H/b7-6+;;. The maximum absolute atomic E-state index is 13.0. The number of nitrogens with zero attached hydrogens (tertiary/aromatic N) is 1. The Balaban J connectivity index is 0.00000216. The van der Waals surface area contributed by atoms with Gasteiger partial charge in [-0.2, -0.15) is 0 Å². The lowest BCUT2D eigenvalue weighted by Gasteiger charge is -2.26. The van der Waals surface area contributed by atoms with Crippen LogP contribution in [-0.2, 0) is 16.4 Å². The number of fused-ring (bicyclic) bond motifs is 1. The van der Waals surface area contributed by atoms with Gasteiger partial charge in [0.25, 0.3) is 0 Å². The van der Waals surface area contributed by atoms with Gasteiger partial charge in [0.1, 0.15) is 17.7 Å². The number of nitrogen functional groups attached to an aromatic ring is 1. The summed E-state index contributed by atoms with van der Waals surface area (Å²) in [7, 11) is -3.52. The van der Waals surface area contributed by atoms with E-state index in [0.717, 1.165) is 37.1 Å². The van der Waals surface area contributed by atoms with E-state index < -0.39 is 16.1 Å². The number of sulfonamides is 1. The smallest absolute Gasteiger partial charge is 0.235 e. The molecule has 2 aromatic carbocycles. The van der Waals surface area contributed by atoms with Crippen molar-refractivity contribution < 1.29 is 13.2 Å². The molecule has 0 bridgehead atoms. The van der Waals surface area contributed by atoms with Gasteiger partial charge in [0, 0.05) is 17.5 Å². The second-order valence-corrected chi connectivity index (χ2v) is 10.8. The zero-order valence-electron chi connectivity index (χ0n) is 19.4. The first-order chi connectivity index (χ1) is 15.8. The SMILES string of the molecule is CCS(=O)(=O)N1c2ccc(OC3CCNCC3)c(Cl)c2CC1/C=C/c1cccc(C(=N)N)c1.Cl.Cl. The summed E-state index contributed by atoms with van der Waals surface area (Å²) >= 11 is 6.75. The number of anilines is 1. The first-order valence-corrected chi connectivity index (χ1v) is 13.1. The maximum Gasteiger partial charge on any atom is 0.235 e. The number of hydrogen-bond donors (Lipinski definition) is 3. The number of nitrogens with two attached hydrogens (primary N) is 1. The molecule has 4 rings (SSSR count). The minimum atomic E-state index is -3.52. The van der Waals surface area contributed by atoms with Crippen LogP contribution in [-0.4, -0.2) is 45.2 Å². The van der Waals surface area contributed by atoms with Crippen molar-refractivity contribution in [3.63, 3.8) is 0 Å². The van der Waals surface area contributed by atoms with Crippen molar-refractivity contribution in [3.8, 4) is 5.75 Å². The monoisotopic (exact) mass is 560 g/mol. The molecule has 11 heteroatoms. The zero-order valence-corrected chi connectivity index (χ0v) is 22.6. The Morgan fingerprint density at radius 1 is 1.26 bits per heavy atom. The predicted octanol–water partition coefficient (Wildman–Crippen LogP) is 4.39. The average Bonchev–Trinajstić information content (AvgIpc) is 3.20. The molecular weight excluding hydrogens is 531 g/mol. The van der Waals surface area contributed by atoms with Crippen molar-refractivity contribution >= 4 is 64.0 Å². The summed E-state index contributed by atoms with van der Waals surface area (Å²) in [6.45, 7) is 3.46. The van der Waals surface area contributed by atoms with E-state index in [9.17, 15) is 8.42 Å². The van der Waals surface area contributed by atoms with Gasteiger partial charge >= 0.3 is 0 Å². The zero-order chi connectivity index (χ0) is 23.6. The molecule has 0 aliphatic carbocycles. The quantitative estimate of drug-likeness (QED) is 0.343. The molecule has 1 fully saturated rings. The highest BCUT2D eigenvalue weighted by Crippen LogP contribution is 2.44.